The summed E-state index contributed by atoms with van der Waals surface area (Å²) < 4.78 is 16.9. The van der Waals surface area contributed by atoms with Crippen LogP contribution in [0.5, 0.6) is 5.75 Å². The van der Waals surface area contributed by atoms with Gasteiger partial charge in [-0.05, 0) is 56.0 Å². The maximum absolute atomic E-state index is 9.80. The second-order valence-corrected chi connectivity index (χ2v) is 9.88. The maximum atomic E-state index is 9.80. The minimum absolute atomic E-state index is 0.101. The van der Waals surface area contributed by atoms with Gasteiger partial charge in [-0.3, -0.25) is 0 Å². The fourth-order valence-electron chi connectivity index (χ4n) is 5.84. The highest BCUT2D eigenvalue weighted by Crippen LogP contribution is 2.36. The van der Waals surface area contributed by atoms with Crippen molar-refractivity contribution in [2.75, 3.05) is 50.3 Å². The summed E-state index contributed by atoms with van der Waals surface area (Å²) in [5.41, 5.74) is 3.12. The number of aliphatic hydroxyl groups excluding tert-OH is 1. The Hall–Kier alpha value is -3.01. The number of benzene rings is 1. The second kappa shape index (κ2) is 9.80. The SMILES string of the molecule is COc1ccc(-c2ccc3c(N4CCCC(OC)C4)nc(N4C5CCC4COC5)nc3n2)cc1CO. The number of rotatable bonds is 6. The summed E-state index contributed by atoms with van der Waals surface area (Å²) in [4.78, 5) is 19.9. The summed E-state index contributed by atoms with van der Waals surface area (Å²) in [7, 11) is 3.39. The van der Waals surface area contributed by atoms with Crippen molar-refractivity contribution >= 4 is 22.8 Å². The molecule has 36 heavy (non-hydrogen) atoms. The second-order valence-electron chi connectivity index (χ2n) is 9.88. The molecule has 0 saturated carbocycles. The van der Waals surface area contributed by atoms with Gasteiger partial charge in [0, 0.05) is 31.3 Å². The van der Waals surface area contributed by atoms with E-state index in [1.54, 1.807) is 14.2 Å². The molecule has 190 valence electrons. The molecule has 0 aliphatic carbocycles. The molecule has 2 bridgehead atoms. The molecule has 0 amide bonds. The average molecular weight is 492 g/mol. The van der Waals surface area contributed by atoms with E-state index in [9.17, 15) is 5.11 Å². The molecule has 2 aromatic heterocycles. The van der Waals surface area contributed by atoms with Crippen molar-refractivity contribution in [3.05, 3.63) is 35.9 Å². The van der Waals surface area contributed by atoms with Gasteiger partial charge in [0.05, 0.1) is 56.2 Å². The van der Waals surface area contributed by atoms with E-state index in [1.165, 1.54) is 0 Å². The molecule has 3 atom stereocenters. The van der Waals surface area contributed by atoms with Crippen molar-refractivity contribution in [1.82, 2.24) is 15.0 Å². The lowest BCUT2D eigenvalue weighted by Gasteiger charge is -2.37. The van der Waals surface area contributed by atoms with E-state index < -0.39 is 0 Å². The fourth-order valence-corrected chi connectivity index (χ4v) is 5.84. The Bertz CT molecular complexity index is 1240. The number of hydrogen-bond donors (Lipinski definition) is 1. The summed E-state index contributed by atoms with van der Waals surface area (Å²) in [6.07, 6.45) is 4.50. The van der Waals surface area contributed by atoms with E-state index in [0.717, 1.165) is 72.7 Å². The van der Waals surface area contributed by atoms with Gasteiger partial charge in [-0.15, -0.1) is 0 Å². The number of aliphatic hydroxyl groups is 1. The Labute approximate surface area is 211 Å². The van der Waals surface area contributed by atoms with E-state index in [-0.39, 0.29) is 12.7 Å². The number of morpholine rings is 1. The van der Waals surface area contributed by atoms with Crippen LogP contribution in [0.3, 0.4) is 0 Å². The number of ether oxygens (including phenoxy) is 3. The quantitative estimate of drug-likeness (QED) is 0.558. The zero-order valence-corrected chi connectivity index (χ0v) is 20.9. The van der Waals surface area contributed by atoms with Crippen LogP contribution in [0.1, 0.15) is 31.2 Å². The fraction of sp³-hybridized carbons (Fsp3) is 0.519. The van der Waals surface area contributed by atoms with Crippen molar-refractivity contribution in [1.29, 1.82) is 0 Å². The normalized spacial score (nSPS) is 23.9. The van der Waals surface area contributed by atoms with Gasteiger partial charge in [0.25, 0.3) is 0 Å². The van der Waals surface area contributed by atoms with Crippen LogP contribution in [0.2, 0.25) is 0 Å². The number of methoxy groups -OCH3 is 2. The van der Waals surface area contributed by atoms with Gasteiger partial charge in [0.1, 0.15) is 11.6 Å². The molecule has 0 radical (unpaired) electrons. The molecule has 3 aromatic rings. The van der Waals surface area contributed by atoms with Crippen LogP contribution in [0.15, 0.2) is 30.3 Å². The predicted molar refractivity (Wildman–Crippen MR) is 138 cm³/mol. The standard InChI is InChI=1S/C27H33N5O4/c1-34-21-4-3-11-31(13-21)26-22-8-9-23(17-5-10-24(35-2)18(12-17)14-33)28-25(22)29-27(30-26)32-19-6-7-20(32)16-36-15-19/h5,8-10,12,19-21,33H,3-4,6-7,11,13-16H2,1-2H3. The first-order valence-electron chi connectivity index (χ1n) is 12.8. The molecule has 3 unspecified atom stereocenters. The van der Waals surface area contributed by atoms with Crippen molar-refractivity contribution in [2.24, 2.45) is 0 Å². The third-order valence-corrected chi connectivity index (χ3v) is 7.76. The smallest absolute Gasteiger partial charge is 0.230 e. The lowest BCUT2D eigenvalue weighted by atomic mass is 10.1. The number of fused-ring (bicyclic) bond motifs is 3. The van der Waals surface area contributed by atoms with Crippen LogP contribution in [0.4, 0.5) is 11.8 Å². The minimum Gasteiger partial charge on any atom is -0.496 e. The molecule has 0 spiro atoms. The molecule has 1 N–H and O–H groups in total. The maximum Gasteiger partial charge on any atom is 0.230 e. The molecular formula is C27H33N5O4. The van der Waals surface area contributed by atoms with E-state index in [1.807, 2.05) is 24.3 Å². The molecule has 3 fully saturated rings. The van der Waals surface area contributed by atoms with Gasteiger partial charge >= 0.3 is 0 Å². The van der Waals surface area contributed by atoms with E-state index in [0.29, 0.717) is 36.7 Å². The predicted octanol–water partition coefficient (Wildman–Crippen LogP) is 3.18. The summed E-state index contributed by atoms with van der Waals surface area (Å²) >= 11 is 0. The van der Waals surface area contributed by atoms with E-state index >= 15 is 0 Å². The van der Waals surface area contributed by atoms with Crippen molar-refractivity contribution in [3.8, 4) is 17.0 Å². The summed E-state index contributed by atoms with van der Waals surface area (Å²) in [5, 5.41) is 10.7. The number of piperidine rings is 1. The highest BCUT2D eigenvalue weighted by Gasteiger charge is 2.39. The average Bonchev–Trinajstić information content (AvgIpc) is 3.19. The highest BCUT2D eigenvalue weighted by molar-refractivity contribution is 5.90. The Morgan fingerprint density at radius 3 is 2.61 bits per heavy atom. The molecule has 3 aliphatic rings. The lowest BCUT2D eigenvalue weighted by molar-refractivity contribution is 0.0887. The highest BCUT2D eigenvalue weighted by atomic mass is 16.5. The van der Waals surface area contributed by atoms with Gasteiger partial charge in [-0.25, -0.2) is 4.98 Å². The monoisotopic (exact) mass is 491 g/mol. The summed E-state index contributed by atoms with van der Waals surface area (Å²) in [6, 6.07) is 10.4. The number of anilines is 2. The molecular weight excluding hydrogens is 458 g/mol. The Morgan fingerprint density at radius 2 is 1.86 bits per heavy atom. The van der Waals surface area contributed by atoms with Gasteiger partial charge in [-0.2, -0.15) is 9.97 Å². The molecule has 9 heteroatoms. The Balaban J connectivity index is 1.46. The largest absolute Gasteiger partial charge is 0.496 e. The first kappa shape index (κ1) is 23.4. The van der Waals surface area contributed by atoms with Crippen LogP contribution >= 0.6 is 0 Å². The van der Waals surface area contributed by atoms with Gasteiger partial charge < -0.3 is 29.1 Å². The summed E-state index contributed by atoms with van der Waals surface area (Å²) in [6.45, 7) is 3.06. The molecule has 1 aromatic carbocycles. The molecule has 6 rings (SSSR count). The number of nitrogens with zero attached hydrogens (tertiary/aromatic N) is 5. The van der Waals surface area contributed by atoms with Gasteiger partial charge in [0.2, 0.25) is 5.95 Å². The number of aromatic nitrogens is 3. The van der Waals surface area contributed by atoms with Crippen LogP contribution in [-0.4, -0.2) is 78.8 Å². The third kappa shape index (κ3) is 4.15. The van der Waals surface area contributed by atoms with Crippen LogP contribution in [0.25, 0.3) is 22.3 Å². The van der Waals surface area contributed by atoms with Crippen molar-refractivity contribution in [2.45, 2.75) is 50.5 Å². The van der Waals surface area contributed by atoms with Crippen LogP contribution in [0, 0.1) is 0 Å². The molecule has 3 aliphatic heterocycles. The minimum atomic E-state index is -0.101. The molecule has 3 saturated heterocycles. The van der Waals surface area contributed by atoms with Gasteiger partial charge in [0.15, 0.2) is 5.65 Å². The zero-order valence-electron chi connectivity index (χ0n) is 20.9. The first-order valence-corrected chi connectivity index (χ1v) is 12.8. The van der Waals surface area contributed by atoms with Crippen LogP contribution in [-0.2, 0) is 16.1 Å². The van der Waals surface area contributed by atoms with E-state index in [4.69, 9.17) is 29.2 Å². The number of pyridine rings is 1. The van der Waals surface area contributed by atoms with Gasteiger partial charge in [-0.1, -0.05) is 0 Å². The number of hydrogen-bond acceptors (Lipinski definition) is 9. The molecule has 9 nitrogen and oxygen atoms in total. The van der Waals surface area contributed by atoms with E-state index in [2.05, 4.69) is 15.9 Å². The zero-order chi connectivity index (χ0) is 24.6. The van der Waals surface area contributed by atoms with Crippen molar-refractivity contribution in [3.63, 3.8) is 0 Å². The Kier molecular flexibility index (Phi) is 6.37. The molecule has 5 heterocycles. The van der Waals surface area contributed by atoms with Crippen molar-refractivity contribution < 1.29 is 19.3 Å². The topological polar surface area (TPSA) is 93.1 Å². The van der Waals surface area contributed by atoms with Crippen LogP contribution < -0.4 is 14.5 Å². The lowest BCUT2D eigenvalue weighted by Crippen LogP contribution is -2.47. The summed E-state index contributed by atoms with van der Waals surface area (Å²) in [5.74, 6) is 2.32. The third-order valence-electron chi connectivity index (χ3n) is 7.76. The Morgan fingerprint density at radius 1 is 1.03 bits per heavy atom. The first-order chi connectivity index (χ1) is 17.7.